The minimum absolute atomic E-state index is 0.0489. The van der Waals surface area contributed by atoms with Gasteiger partial charge in [0.1, 0.15) is 5.82 Å². The first-order valence-corrected chi connectivity index (χ1v) is 11.6. The predicted octanol–water partition coefficient (Wildman–Crippen LogP) is 5.44. The molecule has 5 nitrogen and oxygen atoms in total. The molecule has 0 radical (unpaired) electrons. The summed E-state index contributed by atoms with van der Waals surface area (Å²) in [5, 5.41) is 3.86. The molecule has 7 heteroatoms. The van der Waals surface area contributed by atoms with Crippen LogP contribution in [-0.2, 0) is 12.3 Å². The Morgan fingerprint density at radius 2 is 1.81 bits per heavy atom. The van der Waals surface area contributed by atoms with Crippen LogP contribution in [0, 0.1) is 5.82 Å². The van der Waals surface area contributed by atoms with Crippen LogP contribution in [0.2, 0.25) is 0 Å². The monoisotopic (exact) mass is 448 g/mol. The van der Waals surface area contributed by atoms with Crippen molar-refractivity contribution in [1.82, 2.24) is 19.9 Å². The predicted molar refractivity (Wildman–Crippen MR) is 126 cm³/mol. The third-order valence-corrected chi connectivity index (χ3v) is 6.39. The first kappa shape index (κ1) is 22.0. The molecular weight excluding hydrogens is 423 g/mol. The number of imidazole rings is 1. The first-order chi connectivity index (χ1) is 15.5. The fraction of sp³-hybridized carbons (Fsp3) is 0.240. The van der Waals surface area contributed by atoms with Crippen LogP contribution >= 0.6 is 11.8 Å². The van der Waals surface area contributed by atoms with Crippen LogP contribution in [0.1, 0.15) is 41.8 Å². The van der Waals surface area contributed by atoms with Gasteiger partial charge in [0.15, 0.2) is 5.16 Å². The van der Waals surface area contributed by atoms with Crippen molar-refractivity contribution in [2.75, 3.05) is 0 Å². The van der Waals surface area contributed by atoms with E-state index in [1.165, 1.54) is 12.1 Å². The van der Waals surface area contributed by atoms with Crippen LogP contribution in [0.25, 0.3) is 11.0 Å². The number of benzene rings is 2. The third-order valence-electron chi connectivity index (χ3n) is 5.34. The Hall–Kier alpha value is -3.19. The first-order valence-electron chi connectivity index (χ1n) is 10.6. The molecule has 0 saturated carbocycles. The molecule has 1 amide bonds. The van der Waals surface area contributed by atoms with E-state index in [1.807, 2.05) is 44.2 Å². The van der Waals surface area contributed by atoms with Gasteiger partial charge in [0.2, 0.25) is 0 Å². The van der Waals surface area contributed by atoms with Gasteiger partial charge in [0.05, 0.1) is 23.8 Å². The third kappa shape index (κ3) is 5.16. The van der Waals surface area contributed by atoms with Gasteiger partial charge >= 0.3 is 0 Å². The molecule has 0 spiro atoms. The Bertz CT molecular complexity index is 1210. The van der Waals surface area contributed by atoms with E-state index in [2.05, 4.69) is 14.9 Å². The molecule has 0 unspecified atom stereocenters. The summed E-state index contributed by atoms with van der Waals surface area (Å²) in [6.45, 7) is 4.63. The van der Waals surface area contributed by atoms with Gasteiger partial charge in [-0.1, -0.05) is 43.0 Å². The maximum Gasteiger partial charge on any atom is 0.251 e. The number of hydrogen-bond donors (Lipinski definition) is 1. The molecule has 0 fully saturated rings. The number of thioether (sulfide) groups is 1. The number of nitrogens with zero attached hydrogens (tertiary/aromatic N) is 3. The molecule has 2 aromatic heterocycles. The largest absolute Gasteiger partial charge is 0.350 e. The number of carbonyl (C=O) groups is 1. The Kier molecular flexibility index (Phi) is 6.85. The highest BCUT2D eigenvalue weighted by Crippen LogP contribution is 2.27. The van der Waals surface area contributed by atoms with Crippen molar-refractivity contribution in [2.24, 2.45) is 0 Å². The van der Waals surface area contributed by atoms with Crippen LogP contribution < -0.4 is 5.32 Å². The number of aromatic nitrogens is 3. The van der Waals surface area contributed by atoms with Crippen LogP contribution in [0.5, 0.6) is 0 Å². The van der Waals surface area contributed by atoms with Gasteiger partial charge in [0.25, 0.3) is 5.91 Å². The maximum absolute atomic E-state index is 13.3. The summed E-state index contributed by atoms with van der Waals surface area (Å²) < 4.78 is 15.4. The quantitative estimate of drug-likeness (QED) is 0.365. The Balaban J connectivity index is 1.50. The summed E-state index contributed by atoms with van der Waals surface area (Å²) >= 11 is 1.63. The van der Waals surface area contributed by atoms with Crippen molar-refractivity contribution in [3.05, 3.63) is 89.5 Å². The van der Waals surface area contributed by atoms with Gasteiger partial charge in [-0.3, -0.25) is 9.78 Å². The minimum Gasteiger partial charge on any atom is -0.350 e. The number of amides is 1. The molecule has 164 valence electrons. The summed E-state index contributed by atoms with van der Waals surface area (Å²) in [4.78, 5) is 21.3. The zero-order valence-corrected chi connectivity index (χ0v) is 18.9. The van der Waals surface area contributed by atoms with E-state index in [4.69, 9.17) is 4.98 Å². The Morgan fingerprint density at radius 3 is 2.53 bits per heavy atom. The van der Waals surface area contributed by atoms with Crippen LogP contribution in [0.4, 0.5) is 4.39 Å². The number of pyridine rings is 1. The standard InChI is InChI=1S/C25H25FN4OS/c1-3-17(2)28-24(31)20-8-4-19(5-9-20)16-32-25-29-22-12-13-27-14-23(22)30(25)15-18-6-10-21(26)11-7-18/h4-14,17H,3,15-16H2,1-2H3,(H,28,31)/t17-/m1/s1. The van der Waals surface area contributed by atoms with Gasteiger partial charge < -0.3 is 9.88 Å². The number of halogens is 1. The lowest BCUT2D eigenvalue weighted by atomic mass is 10.1. The Morgan fingerprint density at radius 1 is 1.09 bits per heavy atom. The molecule has 1 N–H and O–H groups in total. The average molecular weight is 449 g/mol. The van der Waals surface area contributed by atoms with E-state index in [0.717, 1.165) is 33.7 Å². The second-order valence-corrected chi connectivity index (χ2v) is 8.68. The zero-order chi connectivity index (χ0) is 22.5. The molecule has 1 atom stereocenters. The van der Waals surface area contributed by atoms with Crippen molar-refractivity contribution < 1.29 is 9.18 Å². The minimum atomic E-state index is -0.248. The fourth-order valence-electron chi connectivity index (χ4n) is 3.29. The van der Waals surface area contributed by atoms with E-state index < -0.39 is 0 Å². The molecule has 0 aliphatic heterocycles. The molecule has 0 aliphatic carbocycles. The van der Waals surface area contributed by atoms with Gasteiger partial charge in [-0.2, -0.15) is 0 Å². The normalized spacial score (nSPS) is 12.1. The van der Waals surface area contributed by atoms with Crippen molar-refractivity contribution in [3.8, 4) is 0 Å². The van der Waals surface area contributed by atoms with Crippen molar-refractivity contribution in [3.63, 3.8) is 0 Å². The van der Waals surface area contributed by atoms with E-state index >= 15 is 0 Å². The van der Waals surface area contributed by atoms with E-state index in [9.17, 15) is 9.18 Å². The van der Waals surface area contributed by atoms with Crippen LogP contribution in [0.15, 0.2) is 72.1 Å². The molecule has 0 bridgehead atoms. The van der Waals surface area contributed by atoms with Gasteiger partial charge in [-0.05, 0) is 54.8 Å². The lowest BCUT2D eigenvalue weighted by Crippen LogP contribution is -2.31. The second kappa shape index (κ2) is 9.96. The summed E-state index contributed by atoms with van der Waals surface area (Å²) in [6.07, 6.45) is 4.44. The van der Waals surface area contributed by atoms with Crippen LogP contribution in [-0.4, -0.2) is 26.5 Å². The number of fused-ring (bicyclic) bond motifs is 1. The number of carbonyl (C=O) groups excluding carboxylic acids is 1. The average Bonchev–Trinajstić information content (AvgIpc) is 3.16. The van der Waals surface area contributed by atoms with E-state index in [-0.39, 0.29) is 17.8 Å². The van der Waals surface area contributed by atoms with Crippen LogP contribution in [0.3, 0.4) is 0 Å². The smallest absolute Gasteiger partial charge is 0.251 e. The topological polar surface area (TPSA) is 59.8 Å². The maximum atomic E-state index is 13.3. The van der Waals surface area contributed by atoms with Gasteiger partial charge in [-0.15, -0.1) is 0 Å². The molecule has 4 rings (SSSR count). The molecule has 2 aromatic carbocycles. The molecule has 32 heavy (non-hydrogen) atoms. The lowest BCUT2D eigenvalue weighted by molar-refractivity contribution is 0.0939. The van der Waals surface area contributed by atoms with Crippen molar-refractivity contribution in [2.45, 2.75) is 43.8 Å². The summed E-state index contributed by atoms with van der Waals surface area (Å²) in [5.74, 6) is 0.418. The lowest BCUT2D eigenvalue weighted by Gasteiger charge is -2.12. The number of nitrogens with one attached hydrogen (secondary N) is 1. The Labute approximate surface area is 191 Å². The number of hydrogen-bond acceptors (Lipinski definition) is 4. The van der Waals surface area contributed by atoms with Gasteiger partial charge in [-0.25, -0.2) is 9.37 Å². The van der Waals surface area contributed by atoms with Gasteiger partial charge in [0, 0.05) is 23.6 Å². The van der Waals surface area contributed by atoms with E-state index in [1.54, 1.807) is 36.3 Å². The highest BCUT2D eigenvalue weighted by molar-refractivity contribution is 7.98. The highest BCUT2D eigenvalue weighted by atomic mass is 32.2. The van der Waals surface area contributed by atoms with Crippen molar-refractivity contribution in [1.29, 1.82) is 0 Å². The molecule has 0 aliphatic rings. The highest BCUT2D eigenvalue weighted by Gasteiger charge is 2.13. The summed E-state index contributed by atoms with van der Waals surface area (Å²) in [5.41, 5.74) is 4.58. The SMILES string of the molecule is CC[C@@H](C)NC(=O)c1ccc(CSc2nc3ccncc3n2Cc2ccc(F)cc2)cc1. The second-order valence-electron chi connectivity index (χ2n) is 7.74. The molecule has 2 heterocycles. The number of rotatable bonds is 8. The molecular formula is C25H25FN4OS. The molecule has 0 saturated heterocycles. The van der Waals surface area contributed by atoms with Crippen molar-refractivity contribution >= 4 is 28.7 Å². The zero-order valence-electron chi connectivity index (χ0n) is 18.1. The van der Waals surface area contributed by atoms with E-state index in [0.29, 0.717) is 17.9 Å². The summed E-state index contributed by atoms with van der Waals surface area (Å²) in [6, 6.07) is 16.2. The molecule has 4 aromatic rings. The fourth-order valence-corrected chi connectivity index (χ4v) is 4.26. The summed E-state index contributed by atoms with van der Waals surface area (Å²) in [7, 11) is 0.